The molecule has 2 atom stereocenters. The largest absolute Gasteiger partial charge is 0.545 e. The summed E-state index contributed by atoms with van der Waals surface area (Å²) >= 11 is 0. The number of hydrogen-bond donors (Lipinski definition) is 0. The first-order chi connectivity index (χ1) is 45.6. The van der Waals surface area contributed by atoms with E-state index < -0.39 is 24.3 Å². The zero-order chi connectivity index (χ0) is 67.5. The topological polar surface area (TPSA) is 111 Å². The lowest BCUT2D eigenvalue weighted by atomic mass is 10.0. The average molecular weight is 1290 g/mol. The standard InChI is InChI=1S/C84H137NO8/c1-6-8-10-12-14-16-18-20-22-24-26-28-30-32-34-36-37-38-39-40-41-42-43-44-45-47-49-51-53-55-57-59-61-63-65-67-69-71-73-75-82(87)93-80(79-92-84(83(88)89)90-77-76-85(3,4)5)78-91-81(86)74-72-70-68-66-64-62-60-58-56-54-52-50-48-46-35-33-31-29-27-25-23-21-19-17-15-13-11-9-7-2/h8,10,14,16,19-22,25-28,31-34,37-38,40-41,43-44,47,49,53,55,59,61,80,84H,6-7,9,11-13,15,17-18,23-24,29-30,35-36,39,42,45-46,48,50-52,54,56-58,60,62-79H2,1-5H3/b10-8-,16-14-,21-19-,22-20-,27-25-,28-26-,33-31-,34-32-,38-37-,41-40-,44-43-,49-47-,55-53-,61-59-. The third kappa shape index (κ3) is 73.9. The number of hydrogen-bond acceptors (Lipinski definition) is 8. The minimum Gasteiger partial charge on any atom is -0.545 e. The number of carbonyl (C=O) groups excluding carboxylic acids is 3. The molecule has 0 heterocycles. The highest BCUT2D eigenvalue weighted by Gasteiger charge is 2.22. The van der Waals surface area contributed by atoms with Crippen molar-refractivity contribution in [2.24, 2.45) is 0 Å². The Morgan fingerprint density at radius 2 is 0.613 bits per heavy atom. The van der Waals surface area contributed by atoms with E-state index in [-0.39, 0.29) is 38.6 Å². The predicted octanol–water partition coefficient (Wildman–Crippen LogP) is 22.5. The Labute approximate surface area is 571 Å². The quantitative estimate of drug-likeness (QED) is 0.0195. The second kappa shape index (κ2) is 72.5. The van der Waals surface area contributed by atoms with Crippen LogP contribution >= 0.6 is 0 Å². The molecule has 0 aromatic rings. The van der Waals surface area contributed by atoms with Gasteiger partial charge >= 0.3 is 11.9 Å². The normalized spacial score (nSPS) is 13.7. The number of quaternary nitrogens is 1. The van der Waals surface area contributed by atoms with Crippen LogP contribution in [0.4, 0.5) is 0 Å². The van der Waals surface area contributed by atoms with Crippen molar-refractivity contribution in [1.82, 2.24) is 0 Å². The second-order valence-electron chi connectivity index (χ2n) is 25.5. The van der Waals surface area contributed by atoms with Crippen LogP contribution in [0.25, 0.3) is 0 Å². The van der Waals surface area contributed by atoms with Crippen LogP contribution in [0.3, 0.4) is 0 Å². The number of allylic oxidation sites excluding steroid dienone is 28. The van der Waals surface area contributed by atoms with Crippen LogP contribution < -0.4 is 5.11 Å². The zero-order valence-corrected chi connectivity index (χ0v) is 60.1. The fraction of sp³-hybridized carbons (Fsp3) is 0.631. The molecule has 0 aromatic heterocycles. The molecule has 0 aliphatic rings. The Kier molecular flexibility index (Phi) is 68.3. The van der Waals surface area contributed by atoms with Gasteiger partial charge in [0, 0.05) is 12.8 Å². The van der Waals surface area contributed by atoms with Gasteiger partial charge in [0.1, 0.15) is 13.2 Å². The third-order valence-electron chi connectivity index (χ3n) is 15.4. The molecule has 0 rings (SSSR count). The molecule has 0 aliphatic carbocycles. The minimum absolute atomic E-state index is 0.135. The lowest BCUT2D eigenvalue weighted by molar-refractivity contribution is -0.870. The first kappa shape index (κ1) is 87.7. The first-order valence-electron chi connectivity index (χ1n) is 37.3. The number of aliphatic carboxylic acids is 1. The molecule has 0 amide bonds. The van der Waals surface area contributed by atoms with Gasteiger partial charge in [-0.3, -0.25) is 9.59 Å². The summed E-state index contributed by atoms with van der Waals surface area (Å²) in [5, 5.41) is 11.8. The number of ether oxygens (including phenoxy) is 4. The van der Waals surface area contributed by atoms with Crippen LogP contribution in [-0.2, 0) is 33.3 Å². The summed E-state index contributed by atoms with van der Waals surface area (Å²) < 4.78 is 22.8. The summed E-state index contributed by atoms with van der Waals surface area (Å²) in [6, 6.07) is 0. The van der Waals surface area contributed by atoms with Gasteiger partial charge in [-0.1, -0.05) is 306 Å². The van der Waals surface area contributed by atoms with Gasteiger partial charge in [0.2, 0.25) is 0 Å². The van der Waals surface area contributed by atoms with E-state index >= 15 is 0 Å². The number of rotatable bonds is 67. The molecule has 0 saturated carbocycles. The Hall–Kier alpha value is -5.35. The van der Waals surface area contributed by atoms with Crippen molar-refractivity contribution in [2.75, 3.05) is 47.5 Å². The number of nitrogens with zero attached hydrogens (tertiary/aromatic N) is 1. The Morgan fingerprint density at radius 3 is 0.914 bits per heavy atom. The third-order valence-corrected chi connectivity index (χ3v) is 15.4. The van der Waals surface area contributed by atoms with Crippen molar-refractivity contribution in [2.45, 2.75) is 296 Å². The molecule has 0 bridgehead atoms. The molecule has 93 heavy (non-hydrogen) atoms. The molecular formula is C84H137NO8. The molecule has 0 spiro atoms. The van der Waals surface area contributed by atoms with Gasteiger partial charge < -0.3 is 33.3 Å². The van der Waals surface area contributed by atoms with Gasteiger partial charge in [-0.2, -0.15) is 0 Å². The van der Waals surface area contributed by atoms with Crippen LogP contribution in [0.1, 0.15) is 284 Å². The molecule has 0 N–H and O–H groups in total. The van der Waals surface area contributed by atoms with Crippen LogP contribution in [0.5, 0.6) is 0 Å². The molecule has 0 fully saturated rings. The van der Waals surface area contributed by atoms with Gasteiger partial charge in [-0.25, -0.2) is 0 Å². The lowest BCUT2D eigenvalue weighted by Gasteiger charge is -2.26. The maximum Gasteiger partial charge on any atom is 0.306 e. The van der Waals surface area contributed by atoms with E-state index in [2.05, 4.69) is 184 Å². The van der Waals surface area contributed by atoms with Gasteiger partial charge in [-0.15, -0.1) is 0 Å². The van der Waals surface area contributed by atoms with Crippen molar-refractivity contribution in [3.63, 3.8) is 0 Å². The molecular weight excluding hydrogens is 1150 g/mol. The van der Waals surface area contributed by atoms with E-state index in [0.717, 1.165) is 135 Å². The molecule has 9 heteroatoms. The van der Waals surface area contributed by atoms with Crippen molar-refractivity contribution in [3.8, 4) is 0 Å². The van der Waals surface area contributed by atoms with Crippen molar-refractivity contribution in [1.29, 1.82) is 0 Å². The summed E-state index contributed by atoms with van der Waals surface area (Å²) in [5.74, 6) is -2.32. The molecule has 9 nitrogen and oxygen atoms in total. The van der Waals surface area contributed by atoms with E-state index in [1.54, 1.807) is 0 Å². The van der Waals surface area contributed by atoms with E-state index in [1.165, 1.54) is 116 Å². The van der Waals surface area contributed by atoms with E-state index in [0.29, 0.717) is 17.4 Å². The summed E-state index contributed by atoms with van der Waals surface area (Å²) in [4.78, 5) is 37.5. The summed E-state index contributed by atoms with van der Waals surface area (Å²) in [5.41, 5.74) is 0. The average Bonchev–Trinajstić information content (AvgIpc) is 3.38. The second-order valence-corrected chi connectivity index (χ2v) is 25.5. The number of unbranched alkanes of at least 4 members (excludes halogenated alkanes) is 24. The first-order valence-corrected chi connectivity index (χ1v) is 37.3. The Balaban J connectivity index is 4.20. The number of carboxylic acid groups (broad SMARTS) is 1. The van der Waals surface area contributed by atoms with Crippen molar-refractivity contribution >= 4 is 17.9 Å². The number of carboxylic acids is 1. The van der Waals surface area contributed by atoms with Crippen LogP contribution in [0.15, 0.2) is 170 Å². The molecule has 0 aromatic carbocycles. The molecule has 2 unspecified atom stereocenters. The predicted molar refractivity (Wildman–Crippen MR) is 398 cm³/mol. The summed E-state index contributed by atoms with van der Waals surface area (Å²) in [6.07, 6.45) is 106. The number of likely N-dealkylation sites (N-methyl/N-ethyl adjacent to an activating group) is 1. The summed E-state index contributed by atoms with van der Waals surface area (Å²) in [7, 11) is 5.92. The van der Waals surface area contributed by atoms with Crippen molar-refractivity contribution in [3.05, 3.63) is 170 Å². The SMILES string of the molecule is CC/C=C\C/C=C\C/C=C\C/C=C\C/C=C\C/C=C\C/C=C\C/C=C\C/C=C\C/C=C\C/C=C\CCCCCCCC(=O)OC(COC(=O)CCCCCCCCCCCCCCCC/C=C\C/C=C\C/C=C\CCCCCCC)COC(OCC[N+](C)(C)C)C(=O)[O-]. The fourth-order valence-electron chi connectivity index (χ4n) is 9.78. The van der Waals surface area contributed by atoms with Gasteiger partial charge in [0.25, 0.3) is 0 Å². The van der Waals surface area contributed by atoms with E-state index in [4.69, 9.17) is 18.9 Å². The van der Waals surface area contributed by atoms with E-state index in [9.17, 15) is 19.5 Å². The number of esters is 2. The highest BCUT2D eigenvalue weighted by Crippen LogP contribution is 2.16. The Bertz CT molecular complexity index is 2140. The van der Waals surface area contributed by atoms with Crippen LogP contribution in [0.2, 0.25) is 0 Å². The Morgan fingerprint density at radius 1 is 0.333 bits per heavy atom. The van der Waals surface area contributed by atoms with Gasteiger partial charge in [0.15, 0.2) is 12.4 Å². The smallest absolute Gasteiger partial charge is 0.306 e. The summed E-state index contributed by atoms with van der Waals surface area (Å²) in [6.45, 7) is 4.60. The van der Waals surface area contributed by atoms with Crippen LogP contribution in [0, 0.1) is 0 Å². The fourth-order valence-corrected chi connectivity index (χ4v) is 9.78. The van der Waals surface area contributed by atoms with Gasteiger partial charge in [-0.05, 0) is 135 Å². The van der Waals surface area contributed by atoms with Crippen LogP contribution in [-0.4, -0.2) is 82.3 Å². The number of carbonyl (C=O) groups is 3. The van der Waals surface area contributed by atoms with Gasteiger partial charge in [0.05, 0.1) is 40.3 Å². The highest BCUT2D eigenvalue weighted by atomic mass is 16.7. The molecule has 0 aliphatic heterocycles. The molecule has 526 valence electrons. The lowest BCUT2D eigenvalue weighted by Crippen LogP contribution is -2.44. The van der Waals surface area contributed by atoms with E-state index in [1.807, 2.05) is 21.1 Å². The monoisotopic (exact) mass is 1290 g/mol. The maximum atomic E-state index is 12.9. The zero-order valence-electron chi connectivity index (χ0n) is 60.1. The van der Waals surface area contributed by atoms with Crippen molar-refractivity contribution < 1.29 is 42.9 Å². The molecule has 0 saturated heterocycles. The maximum absolute atomic E-state index is 12.9. The molecule has 0 radical (unpaired) electrons. The minimum atomic E-state index is -1.64. The highest BCUT2D eigenvalue weighted by molar-refractivity contribution is 5.70.